The fraction of sp³-hybridized carbons (Fsp3) is 0.111. The van der Waals surface area contributed by atoms with E-state index in [2.05, 4.69) is 0 Å². The fourth-order valence-corrected chi connectivity index (χ4v) is 1.16. The lowest BCUT2D eigenvalue weighted by Crippen LogP contribution is -1.97. The minimum absolute atomic E-state index is 0.295. The molecule has 1 heterocycles. The van der Waals surface area contributed by atoms with Crippen LogP contribution >= 0.6 is 11.6 Å². The molecule has 12 heavy (non-hydrogen) atoms. The van der Waals surface area contributed by atoms with E-state index in [1.54, 1.807) is 0 Å². The topological polar surface area (TPSA) is 18.5 Å². The van der Waals surface area contributed by atoms with Crippen LogP contribution in [0.25, 0.3) is 0 Å². The molecule has 1 aliphatic rings. The third-order valence-electron chi connectivity index (χ3n) is 1.58. The first-order valence-electron chi connectivity index (χ1n) is 3.59. The molecule has 0 aliphatic carbocycles. The fourth-order valence-electron chi connectivity index (χ4n) is 1.03. The Labute approximate surface area is 75.4 Å². The van der Waals surface area contributed by atoms with E-state index < -0.39 is 0 Å². The number of ether oxygens (including phenoxy) is 2. The molecule has 1 aromatic rings. The average Bonchev–Trinajstić information content (AvgIpc) is 2.54. The Morgan fingerprint density at radius 1 is 1.17 bits per heavy atom. The summed E-state index contributed by atoms with van der Waals surface area (Å²) in [5.74, 6) is 0. The van der Waals surface area contributed by atoms with Crippen molar-refractivity contribution in [2.24, 2.45) is 0 Å². The molecule has 0 radical (unpaired) electrons. The minimum Gasteiger partial charge on any atom is -0.453 e. The third kappa shape index (κ3) is 1.38. The molecule has 3 heteroatoms. The summed E-state index contributed by atoms with van der Waals surface area (Å²) >= 11 is 5.57. The van der Waals surface area contributed by atoms with E-state index >= 15 is 0 Å². The van der Waals surface area contributed by atoms with Crippen LogP contribution in [0.4, 0.5) is 0 Å². The van der Waals surface area contributed by atoms with Gasteiger partial charge in [-0.15, -0.1) is 0 Å². The second kappa shape index (κ2) is 3.07. The summed E-state index contributed by atoms with van der Waals surface area (Å²) in [6.07, 6.45) is 1.03. The Morgan fingerprint density at radius 3 is 2.50 bits per heavy atom. The van der Waals surface area contributed by atoms with Gasteiger partial charge in [0.1, 0.15) is 6.26 Å². The molecule has 62 valence electrons. The van der Waals surface area contributed by atoms with E-state index in [4.69, 9.17) is 21.1 Å². The van der Waals surface area contributed by atoms with Crippen molar-refractivity contribution < 1.29 is 9.47 Å². The first kappa shape index (κ1) is 7.50. The lowest BCUT2D eigenvalue weighted by Gasteiger charge is -2.09. The molecule has 0 spiro atoms. The first-order chi connectivity index (χ1) is 5.86. The number of benzene rings is 1. The third-order valence-corrected chi connectivity index (χ3v) is 1.75. The molecule has 2 nitrogen and oxygen atoms in total. The molecular weight excluding hydrogens is 176 g/mol. The second-order valence-corrected chi connectivity index (χ2v) is 2.79. The normalized spacial score (nSPS) is 21.1. The highest BCUT2D eigenvalue weighted by atomic mass is 35.5. The Morgan fingerprint density at radius 2 is 1.92 bits per heavy atom. The van der Waals surface area contributed by atoms with E-state index in [1.807, 2.05) is 30.3 Å². The van der Waals surface area contributed by atoms with Crippen LogP contribution < -0.4 is 0 Å². The summed E-state index contributed by atoms with van der Waals surface area (Å²) in [6.45, 7) is 0. The monoisotopic (exact) mass is 182 g/mol. The maximum absolute atomic E-state index is 5.57. The van der Waals surface area contributed by atoms with E-state index in [0.717, 1.165) is 5.56 Å². The maximum atomic E-state index is 5.57. The summed E-state index contributed by atoms with van der Waals surface area (Å²) < 4.78 is 10.3. The molecule has 1 unspecified atom stereocenters. The van der Waals surface area contributed by atoms with Crippen LogP contribution in [-0.4, -0.2) is 0 Å². The van der Waals surface area contributed by atoms with Gasteiger partial charge < -0.3 is 9.47 Å². The Kier molecular flexibility index (Phi) is 1.92. The van der Waals surface area contributed by atoms with Crippen LogP contribution in [0.3, 0.4) is 0 Å². The Hall–Kier alpha value is -1.15. The quantitative estimate of drug-likeness (QED) is 0.665. The van der Waals surface area contributed by atoms with Crippen molar-refractivity contribution in [2.45, 2.75) is 6.29 Å². The molecule has 0 N–H and O–H groups in total. The average molecular weight is 183 g/mol. The van der Waals surface area contributed by atoms with Gasteiger partial charge in [0.25, 0.3) is 6.29 Å². The molecule has 0 saturated carbocycles. The number of hydrogen-bond donors (Lipinski definition) is 0. The van der Waals surface area contributed by atoms with Crippen LogP contribution in [0.5, 0.6) is 0 Å². The standard InChI is InChI=1S/C9H7ClO2/c10-8-6-11-9(12-8)7-4-2-1-3-5-7/h1-6,9H. The number of rotatable bonds is 1. The summed E-state index contributed by atoms with van der Waals surface area (Å²) in [7, 11) is 0. The summed E-state index contributed by atoms with van der Waals surface area (Å²) in [5.41, 5.74) is 0.962. The van der Waals surface area contributed by atoms with Crippen LogP contribution in [0.2, 0.25) is 0 Å². The van der Waals surface area contributed by atoms with Crippen molar-refractivity contribution >= 4 is 11.6 Å². The van der Waals surface area contributed by atoms with E-state index in [0.29, 0.717) is 5.22 Å². The van der Waals surface area contributed by atoms with Gasteiger partial charge in [-0.05, 0) is 11.6 Å². The van der Waals surface area contributed by atoms with Crippen molar-refractivity contribution in [1.29, 1.82) is 0 Å². The molecule has 0 bridgehead atoms. The van der Waals surface area contributed by atoms with Crippen molar-refractivity contribution in [3.8, 4) is 0 Å². The highest BCUT2D eigenvalue weighted by molar-refractivity contribution is 6.28. The lowest BCUT2D eigenvalue weighted by atomic mass is 10.2. The largest absolute Gasteiger partial charge is 0.453 e. The molecule has 0 saturated heterocycles. The highest BCUT2D eigenvalue weighted by Gasteiger charge is 2.19. The van der Waals surface area contributed by atoms with Crippen LogP contribution in [0.1, 0.15) is 11.9 Å². The van der Waals surface area contributed by atoms with Gasteiger partial charge in [-0.3, -0.25) is 0 Å². The van der Waals surface area contributed by atoms with Crippen LogP contribution in [0.15, 0.2) is 41.8 Å². The maximum Gasteiger partial charge on any atom is 0.268 e. The van der Waals surface area contributed by atoms with Gasteiger partial charge in [0, 0.05) is 5.56 Å². The SMILES string of the molecule is ClC1=COC(c2ccccc2)O1. The van der Waals surface area contributed by atoms with Crippen LogP contribution in [-0.2, 0) is 9.47 Å². The molecule has 1 aliphatic heterocycles. The van der Waals surface area contributed by atoms with E-state index in [9.17, 15) is 0 Å². The summed E-state index contributed by atoms with van der Waals surface area (Å²) in [5, 5.41) is 0.295. The van der Waals surface area contributed by atoms with Crippen molar-refractivity contribution in [2.75, 3.05) is 0 Å². The molecule has 2 rings (SSSR count). The zero-order valence-electron chi connectivity index (χ0n) is 6.24. The predicted octanol–water partition coefficient (Wildman–Crippen LogP) is 2.77. The van der Waals surface area contributed by atoms with Gasteiger partial charge in [-0.1, -0.05) is 30.3 Å². The smallest absolute Gasteiger partial charge is 0.268 e. The van der Waals surface area contributed by atoms with Crippen molar-refractivity contribution in [1.82, 2.24) is 0 Å². The van der Waals surface area contributed by atoms with Gasteiger partial charge in [-0.25, -0.2) is 0 Å². The summed E-state index contributed by atoms with van der Waals surface area (Å²) in [4.78, 5) is 0. The number of halogens is 1. The number of hydrogen-bond acceptors (Lipinski definition) is 2. The zero-order chi connectivity index (χ0) is 8.39. The van der Waals surface area contributed by atoms with Gasteiger partial charge in [-0.2, -0.15) is 0 Å². The minimum atomic E-state index is -0.376. The van der Waals surface area contributed by atoms with Gasteiger partial charge >= 0.3 is 0 Å². The Balaban J connectivity index is 2.14. The zero-order valence-corrected chi connectivity index (χ0v) is 6.99. The molecular formula is C9H7ClO2. The van der Waals surface area contributed by atoms with Crippen molar-refractivity contribution in [3.05, 3.63) is 47.4 Å². The predicted molar refractivity (Wildman–Crippen MR) is 45.3 cm³/mol. The second-order valence-electron chi connectivity index (χ2n) is 2.42. The molecule has 1 atom stereocenters. The highest BCUT2D eigenvalue weighted by Crippen LogP contribution is 2.29. The molecule has 0 fully saturated rings. The van der Waals surface area contributed by atoms with Crippen LogP contribution in [0, 0.1) is 0 Å². The molecule has 1 aromatic carbocycles. The van der Waals surface area contributed by atoms with E-state index in [1.165, 1.54) is 6.26 Å². The Bertz CT molecular complexity index is 295. The van der Waals surface area contributed by atoms with Gasteiger partial charge in [0.05, 0.1) is 0 Å². The van der Waals surface area contributed by atoms with Crippen molar-refractivity contribution in [3.63, 3.8) is 0 Å². The van der Waals surface area contributed by atoms with Gasteiger partial charge in [0.2, 0.25) is 5.22 Å². The molecule has 0 amide bonds. The summed E-state index contributed by atoms with van der Waals surface area (Å²) in [6, 6.07) is 9.64. The molecule has 0 aromatic heterocycles. The first-order valence-corrected chi connectivity index (χ1v) is 3.97. The van der Waals surface area contributed by atoms with Gasteiger partial charge in [0.15, 0.2) is 0 Å². The lowest BCUT2D eigenvalue weighted by molar-refractivity contribution is -0.0279. The van der Waals surface area contributed by atoms with E-state index in [-0.39, 0.29) is 6.29 Å².